The van der Waals surface area contributed by atoms with Gasteiger partial charge < -0.3 is 10.1 Å². The molecule has 0 aliphatic carbocycles. The largest absolute Gasteiger partial charge is 0.492 e. The van der Waals surface area contributed by atoms with Gasteiger partial charge in [-0.3, -0.25) is 0 Å². The summed E-state index contributed by atoms with van der Waals surface area (Å²) in [6, 6.07) is 7.50. The molecule has 7 heteroatoms. The Hall–Kier alpha value is -1.66. The molecule has 1 N–H and O–H groups in total. The van der Waals surface area contributed by atoms with E-state index in [-0.39, 0.29) is 6.04 Å². The smallest absolute Gasteiger partial charge is 0.176 e. The molecule has 21 heavy (non-hydrogen) atoms. The van der Waals surface area contributed by atoms with Crippen molar-refractivity contribution >= 4 is 11.6 Å². The number of nitrogens with zero attached hydrogens (tertiary/aromatic N) is 4. The average molecular weight is 310 g/mol. The highest BCUT2D eigenvalue weighted by atomic mass is 35.5. The fraction of sp³-hybridized carbons (Fsp3) is 0.500. The van der Waals surface area contributed by atoms with E-state index in [2.05, 4.69) is 27.7 Å². The maximum absolute atomic E-state index is 5.86. The van der Waals surface area contributed by atoms with Gasteiger partial charge in [0.2, 0.25) is 0 Å². The first kappa shape index (κ1) is 15.7. The van der Waals surface area contributed by atoms with Crippen molar-refractivity contribution in [2.24, 2.45) is 7.05 Å². The molecule has 2 rings (SSSR count). The van der Waals surface area contributed by atoms with Crippen LogP contribution in [0.25, 0.3) is 0 Å². The van der Waals surface area contributed by atoms with Crippen LogP contribution in [0, 0.1) is 0 Å². The zero-order chi connectivity index (χ0) is 15.1. The summed E-state index contributed by atoms with van der Waals surface area (Å²) in [5.41, 5.74) is 0. The van der Waals surface area contributed by atoms with Crippen LogP contribution in [0.5, 0.6) is 5.75 Å². The second kappa shape index (κ2) is 7.95. The molecule has 114 valence electrons. The first-order chi connectivity index (χ1) is 10.2. The molecule has 1 atom stereocenters. The molecule has 0 spiro atoms. The summed E-state index contributed by atoms with van der Waals surface area (Å²) < 4.78 is 5.80. The second-order valence-corrected chi connectivity index (χ2v) is 5.25. The molecule has 0 radical (unpaired) electrons. The van der Waals surface area contributed by atoms with Gasteiger partial charge in [-0.25, -0.2) is 0 Å². The molecule has 2 aromatic rings. The summed E-state index contributed by atoms with van der Waals surface area (Å²) in [6.07, 6.45) is 1.74. The summed E-state index contributed by atoms with van der Waals surface area (Å²) in [5, 5.41) is 16.2. The van der Waals surface area contributed by atoms with Gasteiger partial charge in [0.15, 0.2) is 5.82 Å². The van der Waals surface area contributed by atoms with E-state index in [4.69, 9.17) is 16.3 Å². The third-order valence-corrected chi connectivity index (χ3v) is 3.18. The summed E-state index contributed by atoms with van der Waals surface area (Å²) in [4.78, 5) is 1.46. The Kier molecular flexibility index (Phi) is 5.95. The summed E-state index contributed by atoms with van der Waals surface area (Å²) in [5.74, 6) is 1.51. The molecular weight excluding hydrogens is 290 g/mol. The molecule has 0 aliphatic heterocycles. The predicted molar refractivity (Wildman–Crippen MR) is 81.5 cm³/mol. The Bertz CT molecular complexity index is 543. The van der Waals surface area contributed by atoms with Crippen LogP contribution in [0.15, 0.2) is 24.3 Å². The van der Waals surface area contributed by atoms with Gasteiger partial charge in [0.1, 0.15) is 12.4 Å². The fourth-order valence-electron chi connectivity index (χ4n) is 1.89. The number of halogens is 1. The van der Waals surface area contributed by atoms with Crippen LogP contribution in [0.1, 0.15) is 19.2 Å². The molecule has 0 amide bonds. The molecule has 1 aromatic heterocycles. The lowest BCUT2D eigenvalue weighted by Gasteiger charge is -2.17. The van der Waals surface area contributed by atoms with Crippen LogP contribution in [-0.2, 0) is 13.5 Å². The van der Waals surface area contributed by atoms with Crippen molar-refractivity contribution in [3.05, 3.63) is 35.1 Å². The van der Waals surface area contributed by atoms with E-state index >= 15 is 0 Å². The number of hydrogen-bond acceptors (Lipinski definition) is 5. The van der Waals surface area contributed by atoms with Crippen molar-refractivity contribution in [3.8, 4) is 5.75 Å². The minimum atomic E-state index is 0.143. The molecule has 0 aliphatic rings. The predicted octanol–water partition coefficient (Wildman–Crippen LogP) is 1.85. The number of ether oxygens (including phenoxy) is 1. The zero-order valence-electron chi connectivity index (χ0n) is 12.3. The Labute approximate surface area is 129 Å². The molecule has 0 fully saturated rings. The van der Waals surface area contributed by atoms with Crippen LogP contribution in [-0.4, -0.2) is 39.4 Å². The van der Waals surface area contributed by atoms with Crippen molar-refractivity contribution in [3.63, 3.8) is 0 Å². The highest BCUT2D eigenvalue weighted by Gasteiger charge is 2.13. The molecule has 0 saturated carbocycles. The minimum absolute atomic E-state index is 0.143. The van der Waals surface area contributed by atoms with Crippen molar-refractivity contribution in [1.82, 2.24) is 25.5 Å². The molecule has 1 aromatic carbocycles. The highest BCUT2D eigenvalue weighted by molar-refractivity contribution is 6.30. The average Bonchev–Trinajstić information content (AvgIpc) is 2.89. The van der Waals surface area contributed by atoms with Crippen LogP contribution in [0.3, 0.4) is 0 Å². The molecule has 6 nitrogen and oxygen atoms in total. The first-order valence-electron chi connectivity index (χ1n) is 7.02. The SMILES string of the molecule is CCCNC(COc1ccc(Cl)cc1)Cc1nnn(C)n1. The number of benzene rings is 1. The number of tetrazole rings is 1. The normalized spacial score (nSPS) is 12.3. The number of rotatable bonds is 8. The van der Waals surface area contributed by atoms with E-state index in [1.807, 2.05) is 24.3 Å². The standard InChI is InChI=1S/C14H20ClN5O/c1-3-8-16-12(9-14-17-19-20(2)18-14)10-21-13-6-4-11(15)5-7-13/h4-7,12,16H,3,8-10H2,1-2H3. The van der Waals surface area contributed by atoms with Crippen LogP contribution < -0.4 is 10.1 Å². The van der Waals surface area contributed by atoms with E-state index in [0.29, 0.717) is 23.9 Å². The van der Waals surface area contributed by atoms with E-state index in [0.717, 1.165) is 18.7 Å². The summed E-state index contributed by atoms with van der Waals surface area (Å²) >= 11 is 5.86. The van der Waals surface area contributed by atoms with Gasteiger partial charge in [-0.15, -0.1) is 10.2 Å². The lowest BCUT2D eigenvalue weighted by Crippen LogP contribution is -2.37. The Morgan fingerprint density at radius 1 is 1.33 bits per heavy atom. The molecule has 0 saturated heterocycles. The Morgan fingerprint density at radius 3 is 2.71 bits per heavy atom. The van der Waals surface area contributed by atoms with E-state index in [9.17, 15) is 0 Å². The summed E-state index contributed by atoms with van der Waals surface area (Å²) in [6.45, 7) is 3.60. The van der Waals surface area contributed by atoms with Crippen molar-refractivity contribution in [2.75, 3.05) is 13.2 Å². The van der Waals surface area contributed by atoms with Crippen molar-refractivity contribution < 1.29 is 4.74 Å². The van der Waals surface area contributed by atoms with Gasteiger partial charge in [0.25, 0.3) is 0 Å². The fourth-order valence-corrected chi connectivity index (χ4v) is 2.02. The Morgan fingerprint density at radius 2 is 2.10 bits per heavy atom. The monoisotopic (exact) mass is 309 g/mol. The molecule has 0 bridgehead atoms. The first-order valence-corrected chi connectivity index (χ1v) is 7.39. The third kappa shape index (κ3) is 5.32. The van der Waals surface area contributed by atoms with E-state index < -0.39 is 0 Å². The number of hydrogen-bond donors (Lipinski definition) is 1. The third-order valence-electron chi connectivity index (χ3n) is 2.93. The van der Waals surface area contributed by atoms with Gasteiger partial charge in [-0.2, -0.15) is 4.80 Å². The van der Waals surface area contributed by atoms with Crippen molar-refractivity contribution in [2.45, 2.75) is 25.8 Å². The highest BCUT2D eigenvalue weighted by Crippen LogP contribution is 2.15. The van der Waals surface area contributed by atoms with Crippen LogP contribution in [0.4, 0.5) is 0 Å². The quantitative estimate of drug-likeness (QED) is 0.806. The van der Waals surface area contributed by atoms with Crippen molar-refractivity contribution in [1.29, 1.82) is 0 Å². The van der Waals surface area contributed by atoms with E-state index in [1.165, 1.54) is 4.80 Å². The lowest BCUT2D eigenvalue weighted by atomic mass is 10.2. The van der Waals surface area contributed by atoms with Gasteiger partial charge in [-0.1, -0.05) is 18.5 Å². The second-order valence-electron chi connectivity index (χ2n) is 4.82. The number of aryl methyl sites for hydroxylation is 1. The van der Waals surface area contributed by atoms with Crippen LogP contribution >= 0.6 is 11.6 Å². The van der Waals surface area contributed by atoms with Gasteiger partial charge in [-0.05, 0) is 42.4 Å². The maximum atomic E-state index is 5.86. The van der Waals surface area contributed by atoms with E-state index in [1.54, 1.807) is 7.05 Å². The number of nitrogens with one attached hydrogen (secondary N) is 1. The topological polar surface area (TPSA) is 64.9 Å². The Balaban J connectivity index is 1.90. The van der Waals surface area contributed by atoms with Gasteiger partial charge in [0.05, 0.1) is 7.05 Å². The van der Waals surface area contributed by atoms with Gasteiger partial charge in [0, 0.05) is 17.5 Å². The summed E-state index contributed by atoms with van der Waals surface area (Å²) in [7, 11) is 1.76. The maximum Gasteiger partial charge on any atom is 0.176 e. The zero-order valence-corrected chi connectivity index (χ0v) is 13.0. The number of aromatic nitrogens is 4. The molecular formula is C14H20ClN5O. The molecule has 1 heterocycles. The molecule has 1 unspecified atom stereocenters. The lowest BCUT2D eigenvalue weighted by molar-refractivity contribution is 0.261. The minimum Gasteiger partial charge on any atom is -0.492 e. The van der Waals surface area contributed by atoms with Gasteiger partial charge >= 0.3 is 0 Å². The van der Waals surface area contributed by atoms with Crippen LogP contribution in [0.2, 0.25) is 5.02 Å².